The van der Waals surface area contributed by atoms with Gasteiger partial charge in [-0.1, -0.05) is 19.1 Å². The number of aliphatic carboxylic acids is 1. The normalized spacial score (nSPS) is 16.8. The molecule has 2 aliphatic rings. The number of esters is 1. The molecule has 0 bridgehead atoms. The summed E-state index contributed by atoms with van der Waals surface area (Å²) >= 11 is 0. The van der Waals surface area contributed by atoms with Crippen LogP contribution in [0.1, 0.15) is 42.1 Å². The van der Waals surface area contributed by atoms with Crippen LogP contribution in [0.4, 0.5) is 0 Å². The lowest BCUT2D eigenvalue weighted by atomic mass is 9.87. The predicted octanol–water partition coefficient (Wildman–Crippen LogP) is 4.31. The Morgan fingerprint density at radius 2 is 1.84 bits per heavy atom. The summed E-state index contributed by atoms with van der Waals surface area (Å²) in [6, 6.07) is 9.11. The maximum Gasteiger partial charge on any atom is 0.338 e. The number of hydrogen-bond donors (Lipinski definition) is 1. The van der Waals surface area contributed by atoms with E-state index in [0.29, 0.717) is 29.2 Å². The lowest BCUT2D eigenvalue weighted by molar-refractivity contribution is -0.145. The molecule has 1 aliphatic carbocycles. The highest BCUT2D eigenvalue weighted by Gasteiger charge is 2.52. The van der Waals surface area contributed by atoms with Crippen molar-refractivity contribution >= 4 is 11.9 Å². The Morgan fingerprint density at radius 1 is 1.10 bits per heavy atom. The Hall–Kier alpha value is -3.22. The molecule has 0 spiro atoms. The van der Waals surface area contributed by atoms with E-state index in [1.165, 1.54) is 7.11 Å². The van der Waals surface area contributed by atoms with Gasteiger partial charge in [-0.05, 0) is 43.0 Å². The van der Waals surface area contributed by atoms with Crippen LogP contribution in [0.2, 0.25) is 0 Å². The van der Waals surface area contributed by atoms with Crippen LogP contribution in [-0.4, -0.2) is 37.9 Å². The summed E-state index contributed by atoms with van der Waals surface area (Å²) in [6.07, 6.45) is 2.16. The Kier molecular flexibility index (Phi) is 5.52. The number of rotatable bonds is 9. The minimum absolute atomic E-state index is 0.193. The smallest absolute Gasteiger partial charge is 0.338 e. The van der Waals surface area contributed by atoms with Gasteiger partial charge in [-0.3, -0.25) is 4.79 Å². The number of cyclic esters (lactones) is 1. The van der Waals surface area contributed by atoms with Crippen molar-refractivity contribution in [1.82, 2.24) is 0 Å². The van der Waals surface area contributed by atoms with Crippen molar-refractivity contribution in [2.24, 2.45) is 11.3 Å². The number of benzene rings is 2. The molecule has 0 radical (unpaired) electrons. The standard InChI is InChI=1S/C24H26O7/c1-4-18(22(25)26)24(10-11-24)13-31-20-15(8-9-19(28-2)21(20)29-3)14-6-5-7-16-17(14)12-30-23(16)27/h5-9,18H,4,10-13H2,1-3H3,(H,25,26). The van der Waals surface area contributed by atoms with Crippen LogP contribution in [0.25, 0.3) is 11.1 Å². The maximum atomic E-state index is 12.0. The Bertz CT molecular complexity index is 1020. The van der Waals surface area contributed by atoms with E-state index >= 15 is 0 Å². The maximum absolute atomic E-state index is 12.0. The van der Waals surface area contributed by atoms with E-state index in [2.05, 4.69) is 0 Å². The Labute approximate surface area is 180 Å². The van der Waals surface area contributed by atoms with E-state index in [1.54, 1.807) is 25.3 Å². The summed E-state index contributed by atoms with van der Waals surface area (Å²) in [5, 5.41) is 9.65. The summed E-state index contributed by atoms with van der Waals surface area (Å²) in [7, 11) is 3.09. The zero-order valence-corrected chi connectivity index (χ0v) is 17.9. The van der Waals surface area contributed by atoms with Gasteiger partial charge in [-0.2, -0.15) is 0 Å². The van der Waals surface area contributed by atoms with Crippen molar-refractivity contribution < 1.29 is 33.6 Å². The van der Waals surface area contributed by atoms with Crippen LogP contribution >= 0.6 is 0 Å². The molecule has 0 saturated heterocycles. The number of carbonyl (C=O) groups is 2. The first kappa shape index (κ1) is 21.0. The van der Waals surface area contributed by atoms with Crippen molar-refractivity contribution in [3.63, 3.8) is 0 Å². The molecule has 164 valence electrons. The fourth-order valence-corrected chi connectivity index (χ4v) is 4.49. The summed E-state index contributed by atoms with van der Waals surface area (Å²) in [5.41, 5.74) is 2.50. The van der Waals surface area contributed by atoms with Crippen LogP contribution in [0.15, 0.2) is 30.3 Å². The summed E-state index contributed by atoms with van der Waals surface area (Å²) in [5.74, 6) is -0.180. The average molecular weight is 426 g/mol. The molecule has 31 heavy (non-hydrogen) atoms. The van der Waals surface area contributed by atoms with Crippen molar-refractivity contribution in [2.45, 2.75) is 32.8 Å². The third kappa shape index (κ3) is 3.58. The first-order valence-electron chi connectivity index (χ1n) is 10.4. The molecule has 1 heterocycles. The number of ether oxygens (including phenoxy) is 4. The van der Waals surface area contributed by atoms with Gasteiger partial charge in [0, 0.05) is 16.5 Å². The van der Waals surface area contributed by atoms with Gasteiger partial charge in [-0.25, -0.2) is 4.79 Å². The highest BCUT2D eigenvalue weighted by Crippen LogP contribution is 2.55. The lowest BCUT2D eigenvalue weighted by Gasteiger charge is -2.25. The van der Waals surface area contributed by atoms with Gasteiger partial charge in [0.2, 0.25) is 5.75 Å². The molecule has 1 aliphatic heterocycles. The van der Waals surface area contributed by atoms with Crippen molar-refractivity contribution in [3.05, 3.63) is 41.5 Å². The quantitative estimate of drug-likeness (QED) is 0.598. The van der Waals surface area contributed by atoms with Gasteiger partial charge in [0.25, 0.3) is 0 Å². The van der Waals surface area contributed by atoms with E-state index in [1.807, 2.05) is 19.1 Å². The van der Waals surface area contributed by atoms with E-state index in [4.69, 9.17) is 18.9 Å². The molecule has 1 saturated carbocycles. The Morgan fingerprint density at radius 3 is 2.45 bits per heavy atom. The number of hydrogen-bond acceptors (Lipinski definition) is 6. The number of fused-ring (bicyclic) bond motifs is 1. The average Bonchev–Trinajstić information content (AvgIpc) is 3.45. The molecule has 0 amide bonds. The minimum Gasteiger partial charge on any atom is -0.493 e. The molecule has 2 aromatic rings. The zero-order valence-electron chi connectivity index (χ0n) is 17.9. The number of methoxy groups -OCH3 is 2. The van der Waals surface area contributed by atoms with Gasteiger partial charge in [0.1, 0.15) is 6.61 Å². The zero-order chi connectivity index (χ0) is 22.2. The molecular weight excluding hydrogens is 400 g/mol. The van der Waals surface area contributed by atoms with Crippen molar-refractivity contribution in [1.29, 1.82) is 0 Å². The van der Waals surface area contributed by atoms with Crippen LogP contribution in [0, 0.1) is 11.3 Å². The van der Waals surface area contributed by atoms with Crippen LogP contribution in [0.3, 0.4) is 0 Å². The molecule has 1 unspecified atom stereocenters. The van der Waals surface area contributed by atoms with E-state index in [0.717, 1.165) is 29.5 Å². The third-order valence-electron chi connectivity index (χ3n) is 6.38. The molecule has 2 aromatic carbocycles. The van der Waals surface area contributed by atoms with E-state index in [9.17, 15) is 14.7 Å². The van der Waals surface area contributed by atoms with Crippen LogP contribution < -0.4 is 14.2 Å². The molecule has 1 fully saturated rings. The van der Waals surface area contributed by atoms with E-state index in [-0.39, 0.29) is 24.6 Å². The van der Waals surface area contributed by atoms with Gasteiger partial charge >= 0.3 is 11.9 Å². The number of carboxylic acids is 1. The topological polar surface area (TPSA) is 91.3 Å². The first-order valence-corrected chi connectivity index (χ1v) is 10.4. The molecule has 7 heteroatoms. The van der Waals surface area contributed by atoms with E-state index < -0.39 is 11.9 Å². The summed E-state index contributed by atoms with van der Waals surface area (Å²) in [4.78, 5) is 23.8. The van der Waals surface area contributed by atoms with Gasteiger partial charge in [-0.15, -0.1) is 0 Å². The Balaban J connectivity index is 1.77. The number of carboxylic acid groups (broad SMARTS) is 1. The van der Waals surface area contributed by atoms with Crippen LogP contribution in [0.5, 0.6) is 17.2 Å². The second kappa shape index (κ2) is 8.13. The van der Waals surface area contributed by atoms with Gasteiger partial charge in [0.15, 0.2) is 11.5 Å². The van der Waals surface area contributed by atoms with Crippen LogP contribution in [-0.2, 0) is 16.1 Å². The molecule has 4 rings (SSSR count). The largest absolute Gasteiger partial charge is 0.493 e. The second-order valence-corrected chi connectivity index (χ2v) is 8.04. The fourth-order valence-electron chi connectivity index (χ4n) is 4.49. The van der Waals surface area contributed by atoms with Gasteiger partial charge in [0.05, 0.1) is 32.3 Å². The summed E-state index contributed by atoms with van der Waals surface area (Å²) < 4.78 is 22.6. The first-order chi connectivity index (χ1) is 15.0. The SMILES string of the molecule is CCC(C(=O)O)C1(COc2c(-c3cccc4c3COC4=O)ccc(OC)c2OC)CC1. The van der Waals surface area contributed by atoms with Crippen molar-refractivity contribution in [2.75, 3.05) is 20.8 Å². The van der Waals surface area contributed by atoms with Gasteiger partial charge < -0.3 is 24.1 Å². The third-order valence-corrected chi connectivity index (χ3v) is 6.38. The monoisotopic (exact) mass is 426 g/mol. The molecular formula is C24H26O7. The number of carbonyl (C=O) groups excluding carboxylic acids is 1. The highest BCUT2D eigenvalue weighted by molar-refractivity contribution is 5.96. The predicted molar refractivity (Wildman–Crippen MR) is 113 cm³/mol. The minimum atomic E-state index is -0.794. The lowest BCUT2D eigenvalue weighted by Crippen LogP contribution is -2.29. The summed E-state index contributed by atoms with van der Waals surface area (Å²) in [6.45, 7) is 2.35. The molecule has 0 aromatic heterocycles. The molecule has 1 N–H and O–H groups in total. The molecule has 7 nitrogen and oxygen atoms in total. The molecule has 1 atom stereocenters. The fraction of sp³-hybridized carbons (Fsp3) is 0.417. The van der Waals surface area contributed by atoms with Crippen molar-refractivity contribution in [3.8, 4) is 28.4 Å². The highest BCUT2D eigenvalue weighted by atomic mass is 16.5. The second-order valence-electron chi connectivity index (χ2n) is 8.04.